The van der Waals surface area contributed by atoms with Crippen LogP contribution in [-0.2, 0) is 11.3 Å². The van der Waals surface area contributed by atoms with Crippen LogP contribution in [0.4, 0.5) is 10.1 Å². The summed E-state index contributed by atoms with van der Waals surface area (Å²) in [5.74, 6) is -0.406. The lowest BCUT2D eigenvalue weighted by Crippen LogP contribution is -2.27. The average Bonchev–Trinajstić information content (AvgIpc) is 2.39. The summed E-state index contributed by atoms with van der Waals surface area (Å²) in [6.45, 7) is 3.83. The summed E-state index contributed by atoms with van der Waals surface area (Å²) in [5.41, 5.74) is 2.54. The van der Waals surface area contributed by atoms with E-state index in [2.05, 4.69) is 4.98 Å². The molecular formula is C15H15FN2O. The predicted molar refractivity (Wildman–Crippen MR) is 72.2 cm³/mol. The maximum Gasteiger partial charge on any atom is 0.224 e. The molecular weight excluding hydrogens is 243 g/mol. The van der Waals surface area contributed by atoms with E-state index in [1.54, 1.807) is 23.2 Å². The molecule has 0 saturated carbocycles. The molecule has 1 amide bonds. The molecule has 0 saturated heterocycles. The number of hydrogen-bond donors (Lipinski definition) is 0. The Morgan fingerprint density at radius 3 is 2.42 bits per heavy atom. The van der Waals surface area contributed by atoms with Gasteiger partial charge in [0.15, 0.2) is 0 Å². The molecule has 0 fully saturated rings. The number of amides is 1. The van der Waals surface area contributed by atoms with E-state index < -0.39 is 0 Å². The zero-order chi connectivity index (χ0) is 13.8. The van der Waals surface area contributed by atoms with Crippen molar-refractivity contribution < 1.29 is 9.18 Å². The highest BCUT2D eigenvalue weighted by atomic mass is 19.1. The summed E-state index contributed by atoms with van der Waals surface area (Å²) in [5, 5.41) is 0. The molecule has 0 N–H and O–H groups in total. The van der Waals surface area contributed by atoms with Gasteiger partial charge in [-0.15, -0.1) is 0 Å². The molecule has 1 aromatic heterocycles. The number of aromatic nitrogens is 1. The Hall–Kier alpha value is -2.23. The summed E-state index contributed by atoms with van der Waals surface area (Å²) in [6, 6.07) is 9.72. The van der Waals surface area contributed by atoms with E-state index in [0.717, 1.165) is 11.3 Å². The Kier molecular flexibility index (Phi) is 3.90. The molecule has 0 aliphatic heterocycles. The van der Waals surface area contributed by atoms with E-state index in [9.17, 15) is 9.18 Å². The molecule has 0 unspecified atom stereocenters. The van der Waals surface area contributed by atoms with E-state index in [4.69, 9.17) is 0 Å². The van der Waals surface area contributed by atoms with Crippen LogP contribution < -0.4 is 4.90 Å². The van der Waals surface area contributed by atoms with Crippen molar-refractivity contribution >= 4 is 11.6 Å². The minimum absolute atomic E-state index is 0.0906. The minimum Gasteiger partial charge on any atom is -0.308 e. The Labute approximate surface area is 111 Å². The fourth-order valence-electron chi connectivity index (χ4n) is 1.78. The van der Waals surface area contributed by atoms with Crippen LogP contribution in [0.3, 0.4) is 0 Å². The maximum atomic E-state index is 12.9. The van der Waals surface area contributed by atoms with Crippen LogP contribution in [0.1, 0.15) is 18.2 Å². The van der Waals surface area contributed by atoms with Crippen LogP contribution in [0.5, 0.6) is 0 Å². The van der Waals surface area contributed by atoms with Crippen molar-refractivity contribution in [1.82, 2.24) is 4.98 Å². The second kappa shape index (κ2) is 5.61. The third-order valence-electron chi connectivity index (χ3n) is 2.83. The monoisotopic (exact) mass is 258 g/mol. The Morgan fingerprint density at radius 1 is 1.21 bits per heavy atom. The molecule has 2 rings (SSSR count). The van der Waals surface area contributed by atoms with Crippen molar-refractivity contribution in [1.29, 1.82) is 0 Å². The van der Waals surface area contributed by atoms with Crippen molar-refractivity contribution in [3.8, 4) is 0 Å². The van der Waals surface area contributed by atoms with Gasteiger partial charge in [-0.25, -0.2) is 4.39 Å². The number of carbonyl (C=O) groups is 1. The molecule has 19 heavy (non-hydrogen) atoms. The minimum atomic E-state index is -0.316. The van der Waals surface area contributed by atoms with Crippen LogP contribution in [-0.4, -0.2) is 10.9 Å². The fourth-order valence-corrected chi connectivity index (χ4v) is 1.78. The molecule has 1 heterocycles. The lowest BCUT2D eigenvalue weighted by molar-refractivity contribution is -0.116. The second-order valence-electron chi connectivity index (χ2n) is 4.39. The smallest absolute Gasteiger partial charge is 0.224 e. The summed E-state index contributed by atoms with van der Waals surface area (Å²) in [4.78, 5) is 17.5. The van der Waals surface area contributed by atoms with Crippen LogP contribution in [0.25, 0.3) is 0 Å². The molecule has 0 radical (unpaired) electrons. The first kappa shape index (κ1) is 13.2. The van der Waals surface area contributed by atoms with Gasteiger partial charge in [0.25, 0.3) is 0 Å². The highest BCUT2D eigenvalue weighted by molar-refractivity contribution is 5.91. The van der Waals surface area contributed by atoms with Gasteiger partial charge in [0.1, 0.15) is 5.82 Å². The van der Waals surface area contributed by atoms with Gasteiger partial charge in [0.2, 0.25) is 5.91 Å². The van der Waals surface area contributed by atoms with E-state index >= 15 is 0 Å². The average molecular weight is 258 g/mol. The zero-order valence-electron chi connectivity index (χ0n) is 10.9. The Morgan fingerprint density at radius 2 is 1.89 bits per heavy atom. The van der Waals surface area contributed by atoms with Gasteiger partial charge >= 0.3 is 0 Å². The van der Waals surface area contributed by atoms with Gasteiger partial charge in [-0.05, 0) is 42.8 Å². The third kappa shape index (κ3) is 3.37. The quantitative estimate of drug-likeness (QED) is 0.847. The predicted octanol–water partition coefficient (Wildman–Crippen LogP) is 3.08. The number of halogens is 1. The number of aryl methyl sites for hydroxylation is 1. The standard InChI is InChI=1S/C15H15FN2O/c1-11-3-4-13(9-17-11)10-18(12(2)19)15-7-5-14(16)6-8-15/h3-9H,10H2,1-2H3. The van der Waals surface area contributed by atoms with Gasteiger partial charge in [0.05, 0.1) is 6.54 Å². The van der Waals surface area contributed by atoms with E-state index in [1.807, 2.05) is 19.1 Å². The molecule has 98 valence electrons. The fraction of sp³-hybridized carbons (Fsp3) is 0.200. The topological polar surface area (TPSA) is 33.2 Å². The number of benzene rings is 1. The van der Waals surface area contributed by atoms with Crippen molar-refractivity contribution in [2.75, 3.05) is 4.90 Å². The van der Waals surface area contributed by atoms with Gasteiger partial charge in [-0.3, -0.25) is 9.78 Å². The van der Waals surface area contributed by atoms with E-state index in [0.29, 0.717) is 12.2 Å². The molecule has 0 atom stereocenters. The third-order valence-corrected chi connectivity index (χ3v) is 2.83. The second-order valence-corrected chi connectivity index (χ2v) is 4.39. The van der Waals surface area contributed by atoms with Crippen molar-refractivity contribution in [3.05, 3.63) is 59.7 Å². The van der Waals surface area contributed by atoms with Crippen LogP contribution >= 0.6 is 0 Å². The van der Waals surface area contributed by atoms with Crippen molar-refractivity contribution in [2.24, 2.45) is 0 Å². The van der Waals surface area contributed by atoms with Crippen molar-refractivity contribution in [3.63, 3.8) is 0 Å². The molecule has 0 aliphatic carbocycles. The molecule has 3 nitrogen and oxygen atoms in total. The number of hydrogen-bond acceptors (Lipinski definition) is 2. The number of rotatable bonds is 3. The largest absolute Gasteiger partial charge is 0.308 e. The van der Waals surface area contributed by atoms with E-state index in [1.165, 1.54) is 19.1 Å². The summed E-state index contributed by atoms with van der Waals surface area (Å²) < 4.78 is 12.9. The van der Waals surface area contributed by atoms with Gasteiger partial charge < -0.3 is 4.90 Å². The van der Waals surface area contributed by atoms with Crippen molar-refractivity contribution in [2.45, 2.75) is 20.4 Å². The number of carbonyl (C=O) groups excluding carboxylic acids is 1. The first-order valence-corrected chi connectivity index (χ1v) is 6.01. The first-order valence-electron chi connectivity index (χ1n) is 6.01. The maximum absolute atomic E-state index is 12.9. The Bertz CT molecular complexity index is 564. The molecule has 1 aromatic carbocycles. The first-order chi connectivity index (χ1) is 9.06. The lowest BCUT2D eigenvalue weighted by Gasteiger charge is -2.21. The highest BCUT2D eigenvalue weighted by Crippen LogP contribution is 2.18. The molecule has 0 aliphatic rings. The lowest BCUT2D eigenvalue weighted by atomic mass is 10.2. The molecule has 4 heteroatoms. The Balaban J connectivity index is 2.23. The highest BCUT2D eigenvalue weighted by Gasteiger charge is 2.12. The number of pyridine rings is 1. The van der Waals surface area contributed by atoms with Gasteiger partial charge in [-0.1, -0.05) is 6.07 Å². The number of nitrogens with zero attached hydrogens (tertiary/aromatic N) is 2. The summed E-state index contributed by atoms with van der Waals surface area (Å²) in [6.07, 6.45) is 1.74. The number of anilines is 1. The molecule has 0 bridgehead atoms. The zero-order valence-corrected chi connectivity index (χ0v) is 10.9. The van der Waals surface area contributed by atoms with Crippen LogP contribution in [0.15, 0.2) is 42.6 Å². The normalized spacial score (nSPS) is 10.3. The van der Waals surface area contributed by atoms with Gasteiger partial charge in [0, 0.05) is 24.5 Å². The van der Waals surface area contributed by atoms with Crippen LogP contribution in [0.2, 0.25) is 0 Å². The molecule has 0 spiro atoms. The van der Waals surface area contributed by atoms with Gasteiger partial charge in [-0.2, -0.15) is 0 Å². The van der Waals surface area contributed by atoms with E-state index in [-0.39, 0.29) is 11.7 Å². The SMILES string of the molecule is CC(=O)N(Cc1ccc(C)nc1)c1ccc(F)cc1. The van der Waals surface area contributed by atoms with Crippen LogP contribution in [0, 0.1) is 12.7 Å². The summed E-state index contributed by atoms with van der Waals surface area (Å²) >= 11 is 0. The summed E-state index contributed by atoms with van der Waals surface area (Å²) in [7, 11) is 0. The molecule has 2 aromatic rings.